The number of carbonyl (C=O) groups is 1. The number of imidazole rings is 1. The molecule has 0 spiro atoms. The Labute approximate surface area is 97.0 Å². The zero-order valence-electron chi connectivity index (χ0n) is 9.32. The van der Waals surface area contributed by atoms with Crippen LogP contribution in [0.4, 0.5) is 11.8 Å². The van der Waals surface area contributed by atoms with E-state index < -0.39 is 0 Å². The highest BCUT2D eigenvalue weighted by atomic mass is 16.1. The van der Waals surface area contributed by atoms with Crippen LogP contribution in [0.5, 0.6) is 0 Å². The molecule has 17 heavy (non-hydrogen) atoms. The fourth-order valence-electron chi connectivity index (χ4n) is 1.40. The molecule has 0 saturated heterocycles. The van der Waals surface area contributed by atoms with Gasteiger partial charge in [-0.3, -0.25) is 4.79 Å². The standard InChI is InChI=1S/C9H13N7O/c1-2-11-5(17)3-12-7-6-8(14-4-13-6)16-9(10)15-7/h4H,2-3H2,1H3,(H,11,17)(H4,10,12,13,14,15,16). The molecule has 0 atom stereocenters. The highest BCUT2D eigenvalue weighted by Gasteiger charge is 2.09. The summed E-state index contributed by atoms with van der Waals surface area (Å²) < 4.78 is 0. The third kappa shape index (κ3) is 2.41. The Hall–Kier alpha value is -2.38. The van der Waals surface area contributed by atoms with Gasteiger partial charge in [-0.25, -0.2) is 4.98 Å². The van der Waals surface area contributed by atoms with Gasteiger partial charge in [-0.1, -0.05) is 0 Å². The monoisotopic (exact) mass is 235 g/mol. The number of nitrogens with one attached hydrogen (secondary N) is 3. The fraction of sp³-hybridized carbons (Fsp3) is 0.333. The summed E-state index contributed by atoms with van der Waals surface area (Å²) in [6, 6.07) is 0. The van der Waals surface area contributed by atoms with Gasteiger partial charge in [-0.15, -0.1) is 0 Å². The molecule has 2 heterocycles. The van der Waals surface area contributed by atoms with Crippen LogP contribution in [0.1, 0.15) is 6.92 Å². The van der Waals surface area contributed by atoms with Crippen molar-refractivity contribution in [1.82, 2.24) is 25.3 Å². The third-order valence-electron chi connectivity index (χ3n) is 2.09. The average Bonchev–Trinajstić information content (AvgIpc) is 2.74. The molecule has 2 rings (SSSR count). The lowest BCUT2D eigenvalue weighted by atomic mass is 10.4. The van der Waals surface area contributed by atoms with Gasteiger partial charge >= 0.3 is 0 Å². The number of anilines is 2. The van der Waals surface area contributed by atoms with Crippen molar-refractivity contribution in [3.63, 3.8) is 0 Å². The van der Waals surface area contributed by atoms with Gasteiger partial charge in [-0.2, -0.15) is 9.97 Å². The summed E-state index contributed by atoms with van der Waals surface area (Å²) in [5.74, 6) is 0.469. The Kier molecular flexibility index (Phi) is 3.03. The number of hydrogen-bond donors (Lipinski definition) is 4. The largest absolute Gasteiger partial charge is 0.368 e. The summed E-state index contributed by atoms with van der Waals surface area (Å²) in [4.78, 5) is 26.1. The fourth-order valence-corrected chi connectivity index (χ4v) is 1.40. The molecule has 0 aliphatic rings. The summed E-state index contributed by atoms with van der Waals surface area (Å²) in [6.45, 7) is 2.57. The maximum Gasteiger partial charge on any atom is 0.239 e. The van der Waals surface area contributed by atoms with E-state index in [1.54, 1.807) is 0 Å². The number of rotatable bonds is 4. The normalized spacial score (nSPS) is 10.4. The molecule has 90 valence electrons. The van der Waals surface area contributed by atoms with E-state index in [1.807, 2.05) is 6.92 Å². The minimum absolute atomic E-state index is 0.114. The van der Waals surface area contributed by atoms with E-state index in [1.165, 1.54) is 6.33 Å². The number of nitrogens with zero attached hydrogens (tertiary/aromatic N) is 3. The molecule has 2 aromatic heterocycles. The van der Waals surface area contributed by atoms with Crippen LogP contribution in [0.25, 0.3) is 11.2 Å². The van der Waals surface area contributed by atoms with Gasteiger partial charge in [0.2, 0.25) is 11.9 Å². The molecule has 1 amide bonds. The lowest BCUT2D eigenvalue weighted by molar-refractivity contribution is -0.119. The molecule has 0 aromatic carbocycles. The van der Waals surface area contributed by atoms with E-state index in [-0.39, 0.29) is 18.4 Å². The molecule has 0 unspecified atom stereocenters. The van der Waals surface area contributed by atoms with Gasteiger partial charge in [0, 0.05) is 6.54 Å². The molecule has 0 saturated carbocycles. The Morgan fingerprint density at radius 1 is 1.53 bits per heavy atom. The van der Waals surface area contributed by atoms with Crippen molar-refractivity contribution in [1.29, 1.82) is 0 Å². The summed E-state index contributed by atoms with van der Waals surface area (Å²) in [5, 5.41) is 5.56. The van der Waals surface area contributed by atoms with Crippen LogP contribution in [0.15, 0.2) is 6.33 Å². The van der Waals surface area contributed by atoms with Crippen molar-refractivity contribution in [2.24, 2.45) is 0 Å². The van der Waals surface area contributed by atoms with E-state index in [0.29, 0.717) is 23.5 Å². The molecule has 8 heteroatoms. The van der Waals surface area contributed by atoms with Crippen molar-refractivity contribution < 1.29 is 4.79 Å². The number of fused-ring (bicyclic) bond motifs is 1. The molecular weight excluding hydrogens is 222 g/mol. The van der Waals surface area contributed by atoms with Crippen LogP contribution in [0, 0.1) is 0 Å². The second-order valence-electron chi connectivity index (χ2n) is 3.34. The van der Waals surface area contributed by atoms with Gasteiger partial charge < -0.3 is 21.4 Å². The number of hydrogen-bond acceptors (Lipinski definition) is 6. The second-order valence-corrected chi connectivity index (χ2v) is 3.34. The lowest BCUT2D eigenvalue weighted by Crippen LogP contribution is -2.29. The zero-order chi connectivity index (χ0) is 12.3. The number of H-pyrrole nitrogens is 1. The molecule has 0 radical (unpaired) electrons. The highest BCUT2D eigenvalue weighted by Crippen LogP contribution is 2.16. The third-order valence-corrected chi connectivity index (χ3v) is 2.09. The van der Waals surface area contributed by atoms with Crippen molar-refractivity contribution in [2.45, 2.75) is 6.92 Å². The van der Waals surface area contributed by atoms with Crippen LogP contribution in [0.3, 0.4) is 0 Å². The van der Waals surface area contributed by atoms with Crippen LogP contribution < -0.4 is 16.4 Å². The van der Waals surface area contributed by atoms with E-state index >= 15 is 0 Å². The predicted molar refractivity (Wildman–Crippen MR) is 63.3 cm³/mol. The minimum Gasteiger partial charge on any atom is -0.368 e. The first-order valence-corrected chi connectivity index (χ1v) is 5.18. The number of likely N-dealkylation sites (N-methyl/N-ethyl adjacent to an activating group) is 1. The maximum atomic E-state index is 11.3. The Morgan fingerprint density at radius 2 is 2.35 bits per heavy atom. The minimum atomic E-state index is -0.114. The van der Waals surface area contributed by atoms with Crippen molar-refractivity contribution in [3.8, 4) is 0 Å². The van der Waals surface area contributed by atoms with Gasteiger partial charge in [0.1, 0.15) is 5.52 Å². The van der Waals surface area contributed by atoms with Gasteiger partial charge in [0.15, 0.2) is 11.5 Å². The Balaban J connectivity index is 2.17. The van der Waals surface area contributed by atoms with E-state index in [4.69, 9.17) is 5.73 Å². The molecule has 0 fully saturated rings. The highest BCUT2D eigenvalue weighted by molar-refractivity contribution is 5.87. The van der Waals surface area contributed by atoms with Gasteiger partial charge in [0.25, 0.3) is 0 Å². The number of carbonyl (C=O) groups excluding carboxylic acids is 1. The van der Waals surface area contributed by atoms with Gasteiger partial charge in [-0.05, 0) is 6.92 Å². The number of aromatic nitrogens is 4. The number of amides is 1. The number of nitrogens with two attached hydrogens (primary N) is 1. The topological polar surface area (TPSA) is 122 Å². The molecule has 5 N–H and O–H groups in total. The number of aromatic amines is 1. The summed E-state index contributed by atoms with van der Waals surface area (Å²) in [7, 11) is 0. The van der Waals surface area contributed by atoms with Crippen molar-refractivity contribution in [2.75, 3.05) is 24.1 Å². The van der Waals surface area contributed by atoms with Crippen LogP contribution in [-0.4, -0.2) is 38.9 Å². The maximum absolute atomic E-state index is 11.3. The van der Waals surface area contributed by atoms with Crippen LogP contribution in [-0.2, 0) is 4.79 Å². The van der Waals surface area contributed by atoms with Crippen LogP contribution in [0.2, 0.25) is 0 Å². The molecule has 0 aliphatic carbocycles. The molecular formula is C9H13N7O. The van der Waals surface area contributed by atoms with E-state index in [9.17, 15) is 4.79 Å². The first-order chi connectivity index (χ1) is 8.20. The lowest BCUT2D eigenvalue weighted by Gasteiger charge is -2.06. The SMILES string of the molecule is CCNC(=O)CNc1nc(N)nc2nc[nH]c12. The zero-order valence-corrected chi connectivity index (χ0v) is 9.32. The summed E-state index contributed by atoms with van der Waals surface area (Å²) in [6.07, 6.45) is 1.50. The van der Waals surface area contributed by atoms with Crippen LogP contribution >= 0.6 is 0 Å². The quantitative estimate of drug-likeness (QED) is 0.566. The summed E-state index contributed by atoms with van der Waals surface area (Å²) in [5.41, 5.74) is 6.63. The van der Waals surface area contributed by atoms with E-state index in [0.717, 1.165) is 0 Å². The molecule has 8 nitrogen and oxygen atoms in total. The first kappa shape index (κ1) is 11.1. The second kappa shape index (κ2) is 4.64. The van der Waals surface area contributed by atoms with Crippen molar-refractivity contribution in [3.05, 3.63) is 6.33 Å². The summed E-state index contributed by atoms with van der Waals surface area (Å²) >= 11 is 0. The smallest absolute Gasteiger partial charge is 0.239 e. The van der Waals surface area contributed by atoms with E-state index in [2.05, 4.69) is 30.6 Å². The Bertz CT molecular complexity index is 535. The van der Waals surface area contributed by atoms with Crippen molar-refractivity contribution >= 4 is 28.8 Å². The first-order valence-electron chi connectivity index (χ1n) is 5.18. The average molecular weight is 235 g/mol. The van der Waals surface area contributed by atoms with Gasteiger partial charge in [0.05, 0.1) is 12.9 Å². The Morgan fingerprint density at radius 3 is 3.12 bits per heavy atom. The molecule has 0 bridgehead atoms. The molecule has 0 aliphatic heterocycles. The predicted octanol–water partition coefficient (Wildman–Crippen LogP) is -0.517. The number of nitrogen functional groups attached to an aromatic ring is 1. The molecule has 2 aromatic rings.